The lowest BCUT2D eigenvalue weighted by Gasteiger charge is -2.18. The maximum Gasteiger partial charge on any atom is 0.307 e. The number of benzene rings is 1. The summed E-state index contributed by atoms with van der Waals surface area (Å²) in [7, 11) is -4.90. The van der Waals surface area contributed by atoms with Gasteiger partial charge < -0.3 is 10.6 Å². The van der Waals surface area contributed by atoms with Crippen LogP contribution in [0.15, 0.2) is 12.1 Å². The molecular weight excluding hydrogens is 285 g/mol. The summed E-state index contributed by atoms with van der Waals surface area (Å²) in [6.07, 6.45) is -0.587. The van der Waals surface area contributed by atoms with Crippen molar-refractivity contribution in [2.75, 3.05) is 17.2 Å². The lowest BCUT2D eigenvalue weighted by molar-refractivity contribution is -0.117. The molecule has 0 aliphatic carbocycles. The molecule has 1 heterocycles. The summed E-state index contributed by atoms with van der Waals surface area (Å²) in [5, 5.41) is -1.55. The number of carbonyl (C=O) groups is 1. The average Bonchev–Trinajstić information content (AvgIpc) is 2.65. The van der Waals surface area contributed by atoms with E-state index in [4.69, 9.17) is 5.73 Å². The third-order valence-electron chi connectivity index (χ3n) is 2.85. The number of rotatable bonds is 2. The minimum atomic E-state index is -4.90. The van der Waals surface area contributed by atoms with E-state index in [1.54, 1.807) is 0 Å². The smallest absolute Gasteiger partial charge is 0.307 e. The molecule has 1 aromatic rings. The number of halogens is 3. The molecule has 1 unspecified atom stereocenters. The summed E-state index contributed by atoms with van der Waals surface area (Å²) in [4.78, 5) is 12.4. The highest BCUT2D eigenvalue weighted by atomic mass is 32.3. The van der Waals surface area contributed by atoms with Crippen molar-refractivity contribution in [2.24, 2.45) is 0 Å². The van der Waals surface area contributed by atoms with E-state index in [9.17, 15) is 25.9 Å². The van der Waals surface area contributed by atoms with Crippen LogP contribution in [0.25, 0.3) is 0 Å². The lowest BCUT2D eigenvalue weighted by Crippen LogP contribution is -2.28. The van der Waals surface area contributed by atoms with Crippen LogP contribution in [-0.4, -0.2) is 26.1 Å². The third kappa shape index (κ3) is 2.50. The van der Waals surface area contributed by atoms with Crippen molar-refractivity contribution in [1.29, 1.82) is 0 Å². The second-order valence-electron chi connectivity index (χ2n) is 4.13. The van der Waals surface area contributed by atoms with Crippen molar-refractivity contribution in [1.82, 2.24) is 0 Å². The van der Waals surface area contributed by atoms with Gasteiger partial charge in [0.2, 0.25) is 5.91 Å². The fourth-order valence-electron chi connectivity index (χ4n) is 1.89. The van der Waals surface area contributed by atoms with E-state index in [1.165, 1.54) is 0 Å². The van der Waals surface area contributed by atoms with Gasteiger partial charge in [0.05, 0.1) is 11.4 Å². The molecule has 1 amide bonds. The molecule has 2 N–H and O–H groups in total. The Morgan fingerprint density at radius 2 is 1.95 bits per heavy atom. The second kappa shape index (κ2) is 4.41. The summed E-state index contributed by atoms with van der Waals surface area (Å²) in [5.41, 5.74) is 4.58. The van der Waals surface area contributed by atoms with Gasteiger partial charge in [-0.25, -0.2) is 8.78 Å². The maximum atomic E-state index is 13.3. The van der Waals surface area contributed by atoms with Crippen molar-refractivity contribution in [3.63, 3.8) is 0 Å². The molecule has 0 radical (unpaired) electrons. The number of nitrogen functional groups attached to an aromatic ring is 1. The first-order chi connectivity index (χ1) is 8.70. The van der Waals surface area contributed by atoms with Crippen molar-refractivity contribution >= 4 is 27.5 Å². The molecule has 1 atom stereocenters. The van der Waals surface area contributed by atoms with Gasteiger partial charge in [0, 0.05) is 19.0 Å². The topological polar surface area (TPSA) is 80.5 Å². The normalized spacial score (nSPS) is 20.1. The van der Waals surface area contributed by atoms with Gasteiger partial charge in [-0.2, -0.15) is 8.42 Å². The quantitative estimate of drug-likeness (QED) is 0.650. The standard InChI is InChI=1S/C10H9F3N2O3S/c11-5-1-7(12)10(14)8(2-5)15-4-6(3-9(15)16)19(13,17)18/h1-2,6H,3-4,14H2. The highest BCUT2D eigenvalue weighted by Gasteiger charge is 2.40. The summed E-state index contributed by atoms with van der Waals surface area (Å²) < 4.78 is 60.7. The number of hydrogen-bond acceptors (Lipinski definition) is 4. The van der Waals surface area contributed by atoms with Crippen LogP contribution in [0.3, 0.4) is 0 Å². The first-order valence-corrected chi connectivity index (χ1v) is 6.63. The van der Waals surface area contributed by atoms with Gasteiger partial charge in [-0.1, -0.05) is 0 Å². The van der Waals surface area contributed by atoms with Gasteiger partial charge in [-0.3, -0.25) is 4.79 Å². The Morgan fingerprint density at radius 1 is 1.32 bits per heavy atom. The molecule has 2 rings (SSSR count). The molecule has 0 saturated carbocycles. The predicted molar refractivity (Wildman–Crippen MR) is 61.6 cm³/mol. The second-order valence-corrected chi connectivity index (χ2v) is 5.74. The van der Waals surface area contributed by atoms with Gasteiger partial charge in [-0.05, 0) is 6.07 Å². The molecule has 0 bridgehead atoms. The molecule has 9 heteroatoms. The molecule has 104 valence electrons. The number of anilines is 2. The molecule has 5 nitrogen and oxygen atoms in total. The maximum absolute atomic E-state index is 13.3. The van der Waals surface area contributed by atoms with Crippen LogP contribution in [0, 0.1) is 11.6 Å². The van der Waals surface area contributed by atoms with Crippen molar-refractivity contribution in [3.05, 3.63) is 23.8 Å². The summed E-state index contributed by atoms with van der Waals surface area (Å²) in [5.74, 6) is -2.81. The van der Waals surface area contributed by atoms with Gasteiger partial charge in [0.1, 0.15) is 11.1 Å². The highest BCUT2D eigenvalue weighted by molar-refractivity contribution is 7.87. The molecule has 19 heavy (non-hydrogen) atoms. The summed E-state index contributed by atoms with van der Waals surface area (Å²) >= 11 is 0. The van der Waals surface area contributed by atoms with Crippen LogP contribution in [0.5, 0.6) is 0 Å². The Morgan fingerprint density at radius 3 is 2.47 bits per heavy atom. The van der Waals surface area contributed by atoms with Crippen LogP contribution in [0.1, 0.15) is 6.42 Å². The molecule has 0 aromatic heterocycles. The van der Waals surface area contributed by atoms with Crippen LogP contribution >= 0.6 is 0 Å². The summed E-state index contributed by atoms with van der Waals surface area (Å²) in [6.45, 7) is -0.523. The number of nitrogens with two attached hydrogens (primary N) is 1. The molecule has 1 fully saturated rings. The van der Waals surface area contributed by atoms with E-state index in [0.717, 1.165) is 11.0 Å². The van der Waals surface area contributed by atoms with Gasteiger partial charge in [0.15, 0.2) is 5.82 Å². The minimum absolute atomic E-state index is 0.298. The van der Waals surface area contributed by atoms with Crippen molar-refractivity contribution in [2.45, 2.75) is 11.7 Å². The Kier molecular flexibility index (Phi) is 3.17. The van der Waals surface area contributed by atoms with E-state index in [0.29, 0.717) is 6.07 Å². The average molecular weight is 294 g/mol. The van der Waals surface area contributed by atoms with Crippen molar-refractivity contribution in [3.8, 4) is 0 Å². The zero-order valence-electron chi connectivity index (χ0n) is 9.44. The van der Waals surface area contributed by atoms with Gasteiger partial charge in [0.25, 0.3) is 0 Å². The Hall–Kier alpha value is -1.77. The predicted octanol–water partition coefficient (Wildman–Crippen LogP) is 0.952. The van der Waals surface area contributed by atoms with Gasteiger partial charge >= 0.3 is 10.2 Å². The SMILES string of the molecule is Nc1c(F)cc(F)cc1N1CC(S(=O)(=O)F)CC1=O. The van der Waals surface area contributed by atoms with E-state index >= 15 is 0 Å². The first-order valence-electron chi connectivity index (χ1n) is 5.18. The minimum Gasteiger partial charge on any atom is -0.395 e. The number of nitrogens with zero attached hydrogens (tertiary/aromatic N) is 1. The molecule has 0 spiro atoms. The zero-order chi connectivity index (χ0) is 14.4. The van der Waals surface area contributed by atoms with Crippen molar-refractivity contribution < 1.29 is 25.9 Å². The van der Waals surface area contributed by atoms with E-state index < -0.39 is 51.7 Å². The molecule has 1 aliphatic rings. The fourth-order valence-corrected chi connectivity index (χ4v) is 2.56. The van der Waals surface area contributed by atoms with Crippen LogP contribution < -0.4 is 10.6 Å². The molecule has 1 saturated heterocycles. The first kappa shape index (κ1) is 13.7. The van der Waals surface area contributed by atoms with Crippen LogP contribution in [0.2, 0.25) is 0 Å². The number of amides is 1. The summed E-state index contributed by atoms with van der Waals surface area (Å²) in [6, 6.07) is 1.33. The number of hydrogen-bond donors (Lipinski definition) is 1. The Labute approximate surface area is 107 Å². The zero-order valence-corrected chi connectivity index (χ0v) is 10.3. The number of carbonyl (C=O) groups excluding carboxylic acids is 1. The van der Waals surface area contributed by atoms with E-state index in [-0.39, 0.29) is 5.69 Å². The largest absolute Gasteiger partial charge is 0.395 e. The molecular formula is C10H9F3N2O3S. The van der Waals surface area contributed by atoms with Gasteiger partial charge in [-0.15, -0.1) is 3.89 Å². The van der Waals surface area contributed by atoms with Crippen LogP contribution in [-0.2, 0) is 15.0 Å². The van der Waals surface area contributed by atoms with E-state index in [1.807, 2.05) is 0 Å². The van der Waals surface area contributed by atoms with Crippen LogP contribution in [0.4, 0.5) is 24.0 Å². The van der Waals surface area contributed by atoms with E-state index in [2.05, 4.69) is 0 Å². The Bertz CT molecular complexity index is 648. The third-order valence-corrected chi connectivity index (χ3v) is 3.96. The molecule has 1 aromatic carbocycles. The molecule has 1 aliphatic heterocycles. The highest BCUT2D eigenvalue weighted by Crippen LogP contribution is 2.32. The lowest BCUT2D eigenvalue weighted by atomic mass is 10.2. The fraction of sp³-hybridized carbons (Fsp3) is 0.300. The Balaban J connectivity index is 2.41. The monoisotopic (exact) mass is 294 g/mol.